The van der Waals surface area contributed by atoms with Gasteiger partial charge < -0.3 is 15.6 Å². The monoisotopic (exact) mass is 261 g/mol. The lowest BCUT2D eigenvalue weighted by Crippen LogP contribution is -2.14. The summed E-state index contributed by atoms with van der Waals surface area (Å²) >= 11 is 0. The highest BCUT2D eigenvalue weighted by molar-refractivity contribution is 5.96. The molecule has 0 unspecified atom stereocenters. The van der Waals surface area contributed by atoms with Gasteiger partial charge in [-0.25, -0.2) is 4.39 Å². The summed E-state index contributed by atoms with van der Waals surface area (Å²) in [7, 11) is 0. The summed E-state index contributed by atoms with van der Waals surface area (Å²) in [5.74, 6) is -1.28. The molecule has 98 valence electrons. The minimum Gasteiger partial charge on any atom is -0.456 e. The number of nitrogens with two attached hydrogens (primary N) is 1. The molecule has 0 spiro atoms. The van der Waals surface area contributed by atoms with E-state index in [1.165, 1.54) is 12.1 Å². The fraction of sp³-hybridized carbons (Fsp3) is 0.0714. The largest absolute Gasteiger partial charge is 0.456 e. The van der Waals surface area contributed by atoms with E-state index in [9.17, 15) is 14.3 Å². The third-order valence-corrected chi connectivity index (χ3v) is 2.58. The minimum atomic E-state index is -0.908. The molecule has 0 aromatic heterocycles. The lowest BCUT2D eigenvalue weighted by Gasteiger charge is -2.12. The second-order valence-electron chi connectivity index (χ2n) is 3.85. The molecule has 5 heteroatoms. The Morgan fingerprint density at radius 1 is 1.16 bits per heavy atom. The van der Waals surface area contributed by atoms with Crippen LogP contribution in [-0.4, -0.2) is 11.0 Å². The van der Waals surface area contributed by atoms with Gasteiger partial charge >= 0.3 is 0 Å². The van der Waals surface area contributed by atoms with Crippen molar-refractivity contribution in [1.82, 2.24) is 0 Å². The Kier molecular flexibility index (Phi) is 3.77. The van der Waals surface area contributed by atoms with Crippen LogP contribution in [0.2, 0.25) is 0 Å². The molecule has 0 saturated heterocycles. The number of ether oxygens (including phenoxy) is 1. The van der Waals surface area contributed by atoms with Crippen molar-refractivity contribution in [3.63, 3.8) is 0 Å². The van der Waals surface area contributed by atoms with Gasteiger partial charge in [-0.05, 0) is 18.2 Å². The normalized spacial score (nSPS) is 10.2. The van der Waals surface area contributed by atoms with E-state index in [0.717, 1.165) is 6.07 Å². The van der Waals surface area contributed by atoms with Gasteiger partial charge in [-0.15, -0.1) is 0 Å². The van der Waals surface area contributed by atoms with Crippen LogP contribution in [0.1, 0.15) is 15.9 Å². The first-order valence-electron chi connectivity index (χ1n) is 5.58. The van der Waals surface area contributed by atoms with Crippen LogP contribution in [0.5, 0.6) is 11.5 Å². The molecule has 2 rings (SSSR count). The maximum Gasteiger partial charge on any atom is 0.255 e. The molecule has 0 bridgehead atoms. The predicted octanol–water partition coefficient (Wildman–Crippen LogP) is 2.21. The van der Waals surface area contributed by atoms with E-state index in [2.05, 4.69) is 0 Å². The smallest absolute Gasteiger partial charge is 0.255 e. The number of para-hydroxylation sites is 1. The Morgan fingerprint density at radius 3 is 2.53 bits per heavy atom. The zero-order chi connectivity index (χ0) is 13.8. The van der Waals surface area contributed by atoms with Gasteiger partial charge in [-0.2, -0.15) is 0 Å². The molecule has 2 aromatic carbocycles. The summed E-state index contributed by atoms with van der Waals surface area (Å²) in [6.45, 7) is -0.225. The summed E-state index contributed by atoms with van der Waals surface area (Å²) in [6, 6.07) is 10.7. The van der Waals surface area contributed by atoms with Gasteiger partial charge in [0.15, 0.2) is 0 Å². The molecule has 0 aliphatic heterocycles. The van der Waals surface area contributed by atoms with E-state index in [4.69, 9.17) is 10.5 Å². The standard InChI is InChI=1S/C14H12FNO3/c15-10-5-3-7-12(13(10)14(16)18)19-11-6-2-1-4-9(11)8-17/h1-7,17H,8H2,(H2,16,18). The average Bonchev–Trinajstić information content (AvgIpc) is 2.39. The third kappa shape index (κ3) is 2.71. The molecule has 0 saturated carbocycles. The van der Waals surface area contributed by atoms with Gasteiger partial charge in [0.2, 0.25) is 0 Å². The molecule has 0 atom stereocenters. The maximum atomic E-state index is 13.6. The molecule has 3 N–H and O–H groups in total. The molecule has 0 heterocycles. The number of carbonyl (C=O) groups excluding carboxylic acids is 1. The first-order valence-corrected chi connectivity index (χ1v) is 5.58. The highest BCUT2D eigenvalue weighted by atomic mass is 19.1. The first-order chi connectivity index (χ1) is 9.13. The van der Waals surface area contributed by atoms with Crippen molar-refractivity contribution < 1.29 is 19.0 Å². The maximum absolute atomic E-state index is 13.6. The molecule has 2 aromatic rings. The lowest BCUT2D eigenvalue weighted by atomic mass is 10.1. The van der Waals surface area contributed by atoms with Crippen LogP contribution >= 0.6 is 0 Å². The summed E-state index contributed by atoms with van der Waals surface area (Å²) < 4.78 is 19.0. The summed E-state index contributed by atoms with van der Waals surface area (Å²) in [5.41, 5.74) is 5.35. The summed E-state index contributed by atoms with van der Waals surface area (Å²) in [6.07, 6.45) is 0. The number of hydrogen-bond donors (Lipinski definition) is 2. The molecule has 0 aliphatic carbocycles. The molecule has 4 nitrogen and oxygen atoms in total. The number of halogens is 1. The Bertz CT molecular complexity index is 613. The Hall–Kier alpha value is -2.40. The lowest BCUT2D eigenvalue weighted by molar-refractivity contribution is 0.0994. The van der Waals surface area contributed by atoms with Crippen molar-refractivity contribution >= 4 is 5.91 Å². The Balaban J connectivity index is 2.44. The number of rotatable bonds is 4. The van der Waals surface area contributed by atoms with E-state index in [-0.39, 0.29) is 17.9 Å². The predicted molar refractivity (Wildman–Crippen MR) is 67.4 cm³/mol. The van der Waals surface area contributed by atoms with Crippen LogP contribution in [0.25, 0.3) is 0 Å². The number of benzene rings is 2. The van der Waals surface area contributed by atoms with E-state index in [1.54, 1.807) is 24.3 Å². The summed E-state index contributed by atoms with van der Waals surface area (Å²) in [4.78, 5) is 11.2. The fourth-order valence-electron chi connectivity index (χ4n) is 1.68. The molecular formula is C14H12FNO3. The van der Waals surface area contributed by atoms with Crippen LogP contribution in [0.4, 0.5) is 4.39 Å². The van der Waals surface area contributed by atoms with E-state index < -0.39 is 11.7 Å². The van der Waals surface area contributed by atoms with Gasteiger partial charge in [0.05, 0.1) is 6.61 Å². The number of aliphatic hydroxyl groups excluding tert-OH is 1. The number of amides is 1. The van der Waals surface area contributed by atoms with Crippen molar-refractivity contribution in [2.45, 2.75) is 6.61 Å². The highest BCUT2D eigenvalue weighted by Crippen LogP contribution is 2.29. The Morgan fingerprint density at radius 2 is 1.84 bits per heavy atom. The van der Waals surface area contributed by atoms with Gasteiger partial charge in [0.25, 0.3) is 5.91 Å². The Labute approximate surface area is 109 Å². The highest BCUT2D eigenvalue weighted by Gasteiger charge is 2.16. The van der Waals surface area contributed by atoms with E-state index in [0.29, 0.717) is 11.3 Å². The SMILES string of the molecule is NC(=O)c1c(F)cccc1Oc1ccccc1CO. The molecule has 19 heavy (non-hydrogen) atoms. The zero-order valence-corrected chi connectivity index (χ0v) is 9.97. The van der Waals surface area contributed by atoms with Crippen LogP contribution < -0.4 is 10.5 Å². The zero-order valence-electron chi connectivity index (χ0n) is 9.97. The number of hydrogen-bond acceptors (Lipinski definition) is 3. The van der Waals surface area contributed by atoms with Gasteiger partial charge in [-0.3, -0.25) is 4.79 Å². The average molecular weight is 261 g/mol. The first kappa shape index (κ1) is 13.0. The van der Waals surface area contributed by atoms with Crippen molar-refractivity contribution in [2.24, 2.45) is 5.73 Å². The third-order valence-electron chi connectivity index (χ3n) is 2.58. The number of primary amides is 1. The van der Waals surface area contributed by atoms with Gasteiger partial charge in [0.1, 0.15) is 22.9 Å². The number of carbonyl (C=O) groups is 1. The molecule has 0 aliphatic rings. The van der Waals surface area contributed by atoms with Gasteiger partial charge in [-0.1, -0.05) is 24.3 Å². The second-order valence-corrected chi connectivity index (χ2v) is 3.85. The van der Waals surface area contributed by atoms with Crippen molar-refractivity contribution in [3.8, 4) is 11.5 Å². The summed E-state index contributed by atoms with van der Waals surface area (Å²) in [5, 5.41) is 9.18. The number of aliphatic hydroxyl groups is 1. The topological polar surface area (TPSA) is 72.6 Å². The fourth-order valence-corrected chi connectivity index (χ4v) is 1.68. The van der Waals surface area contributed by atoms with Crippen molar-refractivity contribution in [2.75, 3.05) is 0 Å². The minimum absolute atomic E-state index is 0.0217. The van der Waals surface area contributed by atoms with Crippen LogP contribution in [0.3, 0.4) is 0 Å². The van der Waals surface area contributed by atoms with Crippen LogP contribution in [0.15, 0.2) is 42.5 Å². The quantitative estimate of drug-likeness (QED) is 0.886. The molecule has 1 amide bonds. The molecular weight excluding hydrogens is 249 g/mol. The molecule has 0 radical (unpaired) electrons. The molecule has 0 fully saturated rings. The van der Waals surface area contributed by atoms with Crippen molar-refractivity contribution in [3.05, 3.63) is 59.4 Å². The van der Waals surface area contributed by atoms with E-state index >= 15 is 0 Å². The van der Waals surface area contributed by atoms with Gasteiger partial charge in [0, 0.05) is 5.56 Å². The second kappa shape index (κ2) is 5.49. The van der Waals surface area contributed by atoms with E-state index in [1.807, 2.05) is 0 Å². The van der Waals surface area contributed by atoms with Crippen LogP contribution in [0, 0.1) is 5.82 Å². The van der Waals surface area contributed by atoms with Crippen molar-refractivity contribution in [1.29, 1.82) is 0 Å². The van der Waals surface area contributed by atoms with Crippen LogP contribution in [-0.2, 0) is 6.61 Å².